The Morgan fingerprint density at radius 1 is 1.11 bits per heavy atom. The van der Waals surface area contributed by atoms with Crippen LogP contribution in [0.2, 0.25) is 0 Å². The number of aryl methyl sites for hydroxylation is 2. The third kappa shape index (κ3) is 5.97. The number of carboxylic acid groups (broad SMARTS) is 1. The van der Waals surface area contributed by atoms with Crippen molar-refractivity contribution in [1.82, 2.24) is 0 Å². The summed E-state index contributed by atoms with van der Waals surface area (Å²) < 4.78 is 17.6. The van der Waals surface area contributed by atoms with Crippen LogP contribution in [0.3, 0.4) is 0 Å². The number of benzene rings is 3. The number of hydrogen-bond donors (Lipinski definition) is 2. The molecule has 8 heteroatoms. The lowest BCUT2D eigenvalue weighted by Gasteiger charge is -2.33. The zero-order valence-corrected chi connectivity index (χ0v) is 21.5. The van der Waals surface area contributed by atoms with E-state index in [1.54, 1.807) is 18.2 Å². The largest absolute Gasteiger partial charge is 0.496 e. The third-order valence-electron chi connectivity index (χ3n) is 6.39. The van der Waals surface area contributed by atoms with Crippen molar-refractivity contribution < 1.29 is 28.9 Å². The first kappa shape index (κ1) is 25.9. The molecule has 1 aliphatic heterocycles. The van der Waals surface area contributed by atoms with Crippen LogP contribution in [0.5, 0.6) is 17.2 Å². The fourth-order valence-corrected chi connectivity index (χ4v) is 4.50. The van der Waals surface area contributed by atoms with Gasteiger partial charge in [0.05, 0.1) is 25.8 Å². The Bertz CT molecular complexity index is 1310. The molecule has 0 fully saturated rings. The Hall–Kier alpha value is -4.20. The van der Waals surface area contributed by atoms with Crippen molar-refractivity contribution in [3.63, 3.8) is 0 Å². The zero-order valence-electron chi connectivity index (χ0n) is 21.5. The SMILES string of the molecule is CCc1cc(C(=O)Nc2ccc(OC)c(CC(=O)O)c2)c(C)cc1OC[C@@H]1CN(C)c2ccccc2O1. The predicted octanol–water partition coefficient (Wildman–Crippen LogP) is 4.72. The van der Waals surface area contributed by atoms with Crippen molar-refractivity contribution >= 4 is 23.3 Å². The average molecular weight is 505 g/mol. The van der Waals surface area contributed by atoms with E-state index in [1.807, 2.05) is 57.3 Å². The molecule has 8 nitrogen and oxygen atoms in total. The van der Waals surface area contributed by atoms with Gasteiger partial charge in [0.1, 0.15) is 30.0 Å². The van der Waals surface area contributed by atoms with Crippen molar-refractivity contribution in [3.05, 3.63) is 76.9 Å². The second-order valence-electron chi connectivity index (χ2n) is 9.08. The maximum atomic E-state index is 13.1. The van der Waals surface area contributed by atoms with Crippen LogP contribution in [0.15, 0.2) is 54.6 Å². The number of carbonyl (C=O) groups excluding carboxylic acids is 1. The number of likely N-dealkylation sites (N-methyl/N-ethyl adjacent to an activating group) is 1. The van der Waals surface area contributed by atoms with Crippen molar-refractivity contribution in [3.8, 4) is 17.2 Å². The molecular weight excluding hydrogens is 472 g/mol. The molecule has 4 rings (SSSR count). The zero-order chi connectivity index (χ0) is 26.5. The average Bonchev–Trinajstić information content (AvgIpc) is 2.87. The number of carbonyl (C=O) groups is 2. The van der Waals surface area contributed by atoms with Crippen molar-refractivity contribution in [1.29, 1.82) is 0 Å². The monoisotopic (exact) mass is 504 g/mol. The molecule has 0 spiro atoms. The number of para-hydroxylation sites is 2. The molecule has 0 aromatic heterocycles. The van der Waals surface area contributed by atoms with Crippen LogP contribution in [-0.2, 0) is 17.6 Å². The van der Waals surface area contributed by atoms with E-state index in [1.165, 1.54) is 7.11 Å². The molecule has 0 saturated carbocycles. The lowest BCUT2D eigenvalue weighted by atomic mass is 10.0. The number of fused-ring (bicyclic) bond motifs is 1. The molecule has 1 aliphatic rings. The molecule has 37 heavy (non-hydrogen) atoms. The number of aliphatic carboxylic acids is 1. The van der Waals surface area contributed by atoms with Gasteiger partial charge in [0, 0.05) is 23.9 Å². The summed E-state index contributed by atoms with van der Waals surface area (Å²) in [5.74, 6) is 0.779. The minimum atomic E-state index is -0.977. The summed E-state index contributed by atoms with van der Waals surface area (Å²) in [5, 5.41) is 12.1. The maximum Gasteiger partial charge on any atom is 0.307 e. The summed E-state index contributed by atoms with van der Waals surface area (Å²) in [6, 6.07) is 16.6. The number of methoxy groups -OCH3 is 1. The van der Waals surface area contributed by atoms with Gasteiger partial charge >= 0.3 is 5.97 Å². The number of hydrogen-bond acceptors (Lipinski definition) is 6. The Morgan fingerprint density at radius 3 is 2.62 bits per heavy atom. The van der Waals surface area contributed by atoms with Gasteiger partial charge in [-0.05, 0) is 66.9 Å². The molecule has 0 bridgehead atoms. The third-order valence-corrected chi connectivity index (χ3v) is 6.39. The lowest BCUT2D eigenvalue weighted by molar-refractivity contribution is -0.136. The number of amides is 1. The van der Waals surface area contributed by atoms with E-state index in [2.05, 4.69) is 10.2 Å². The van der Waals surface area contributed by atoms with E-state index >= 15 is 0 Å². The van der Waals surface area contributed by atoms with E-state index in [0.29, 0.717) is 42.1 Å². The van der Waals surface area contributed by atoms with E-state index < -0.39 is 5.97 Å². The molecule has 2 N–H and O–H groups in total. The first-order chi connectivity index (χ1) is 17.8. The number of nitrogens with zero attached hydrogens (tertiary/aromatic N) is 1. The van der Waals surface area contributed by atoms with E-state index in [9.17, 15) is 14.7 Å². The normalized spacial score (nSPS) is 14.4. The summed E-state index contributed by atoms with van der Waals surface area (Å²) >= 11 is 0. The Kier molecular flexibility index (Phi) is 7.86. The molecule has 3 aromatic carbocycles. The number of nitrogens with one attached hydrogen (secondary N) is 1. The van der Waals surface area contributed by atoms with Crippen LogP contribution in [-0.4, -0.2) is 50.4 Å². The molecule has 0 saturated heterocycles. The quantitative estimate of drug-likeness (QED) is 0.435. The maximum absolute atomic E-state index is 13.1. The molecule has 3 aromatic rings. The van der Waals surface area contributed by atoms with Crippen molar-refractivity contribution in [2.24, 2.45) is 0 Å². The van der Waals surface area contributed by atoms with Gasteiger partial charge in [-0.3, -0.25) is 9.59 Å². The summed E-state index contributed by atoms with van der Waals surface area (Å²) in [7, 11) is 3.52. The minimum absolute atomic E-state index is 0.122. The number of ether oxygens (including phenoxy) is 3. The van der Waals surface area contributed by atoms with Crippen molar-refractivity contribution in [2.75, 3.05) is 37.5 Å². The smallest absolute Gasteiger partial charge is 0.307 e. The van der Waals surface area contributed by atoms with Gasteiger partial charge in [0.2, 0.25) is 0 Å². The van der Waals surface area contributed by atoms with E-state index in [-0.39, 0.29) is 18.4 Å². The second kappa shape index (κ2) is 11.2. The molecule has 0 radical (unpaired) electrons. The fraction of sp³-hybridized carbons (Fsp3) is 0.310. The minimum Gasteiger partial charge on any atom is -0.496 e. The molecule has 0 unspecified atom stereocenters. The van der Waals surface area contributed by atoms with Crippen LogP contribution in [0.1, 0.15) is 34.0 Å². The highest BCUT2D eigenvalue weighted by Gasteiger charge is 2.24. The standard InChI is InChI=1S/C29H32N2O6/c1-5-19-14-23(29(34)30-21-10-11-25(35-4)20(13-21)15-28(32)33)18(2)12-27(19)36-17-22-16-31(3)24-8-6-7-9-26(24)37-22/h6-14,22H,5,15-17H2,1-4H3,(H,30,34)(H,32,33)/t22-/m0/s1. The lowest BCUT2D eigenvalue weighted by Crippen LogP contribution is -2.41. The molecular formula is C29H32N2O6. The fourth-order valence-electron chi connectivity index (χ4n) is 4.50. The molecule has 0 aliphatic carbocycles. The summed E-state index contributed by atoms with van der Waals surface area (Å²) in [5.41, 5.74) is 4.27. The van der Waals surface area contributed by atoms with E-state index in [4.69, 9.17) is 14.2 Å². The molecule has 1 amide bonds. The number of carboxylic acids is 1. The van der Waals surface area contributed by atoms with Crippen LogP contribution in [0, 0.1) is 6.92 Å². The van der Waals surface area contributed by atoms with Gasteiger partial charge < -0.3 is 29.5 Å². The van der Waals surface area contributed by atoms with Crippen LogP contribution in [0.4, 0.5) is 11.4 Å². The van der Waals surface area contributed by atoms with Crippen molar-refractivity contribution in [2.45, 2.75) is 32.8 Å². The first-order valence-electron chi connectivity index (χ1n) is 12.2. The van der Waals surface area contributed by atoms with Crippen LogP contribution < -0.4 is 24.4 Å². The van der Waals surface area contributed by atoms with Gasteiger partial charge in [-0.1, -0.05) is 19.1 Å². The topological polar surface area (TPSA) is 97.3 Å². The Morgan fingerprint density at radius 2 is 1.89 bits per heavy atom. The highest BCUT2D eigenvalue weighted by Crippen LogP contribution is 2.33. The molecule has 1 atom stereocenters. The van der Waals surface area contributed by atoms with Gasteiger partial charge in [-0.2, -0.15) is 0 Å². The number of rotatable bonds is 9. The van der Waals surface area contributed by atoms with Gasteiger partial charge in [0.25, 0.3) is 5.91 Å². The number of anilines is 2. The Labute approximate surface area is 216 Å². The Balaban J connectivity index is 1.47. The molecule has 1 heterocycles. The van der Waals surface area contributed by atoms with Gasteiger partial charge in [-0.15, -0.1) is 0 Å². The highest BCUT2D eigenvalue weighted by atomic mass is 16.5. The summed E-state index contributed by atoms with van der Waals surface area (Å²) in [4.78, 5) is 26.5. The predicted molar refractivity (Wildman–Crippen MR) is 142 cm³/mol. The highest BCUT2D eigenvalue weighted by molar-refractivity contribution is 6.05. The molecule has 194 valence electrons. The summed E-state index contributed by atoms with van der Waals surface area (Å²) in [6.07, 6.45) is 0.363. The van der Waals surface area contributed by atoms with Crippen LogP contribution >= 0.6 is 0 Å². The summed E-state index contributed by atoms with van der Waals surface area (Å²) in [6.45, 7) is 4.98. The van der Waals surface area contributed by atoms with E-state index in [0.717, 1.165) is 28.3 Å². The van der Waals surface area contributed by atoms with Gasteiger partial charge in [0.15, 0.2) is 0 Å². The van der Waals surface area contributed by atoms with Crippen LogP contribution in [0.25, 0.3) is 0 Å². The second-order valence-corrected chi connectivity index (χ2v) is 9.08. The first-order valence-corrected chi connectivity index (χ1v) is 12.2. The van der Waals surface area contributed by atoms with Gasteiger partial charge in [-0.25, -0.2) is 0 Å².